The van der Waals surface area contributed by atoms with Gasteiger partial charge in [-0.15, -0.1) is 0 Å². The van der Waals surface area contributed by atoms with Gasteiger partial charge in [-0.3, -0.25) is 61.9 Å². The highest BCUT2D eigenvalue weighted by Crippen LogP contribution is 2.62. The van der Waals surface area contributed by atoms with Gasteiger partial charge < -0.3 is 104 Å². The molecule has 1 aromatic carbocycles. The van der Waals surface area contributed by atoms with E-state index in [0.29, 0.717) is 30.9 Å². The SMILES string of the molecule is CC[C@H](C)[C@@H]([C@@H](CC(=O)N1CCC[C@H]1[C@H](OC)[C@@H](C)C(=O)N[C@H](C)[C@@H](OP(=O)(O)OP(=O)(O)OCCNC(=O)COCCOCCNC(=O)[C@H](CC(=O)N[C@H]1CCOC1=O)NC(=O)CCOCCOCCOCCOCCOCCC(=O)ON1C(=O)C=CC1=O)c1ccccc1)OC)N(C)C(=O)[C@@H](NC(=O)[C@H](C(C)C)N(C)C)C(C)C. The Balaban J connectivity index is 1.15. The number of likely N-dealkylation sites (tertiary alicyclic amines) is 1. The van der Waals surface area contributed by atoms with Crippen LogP contribution in [0.2, 0.25) is 0 Å². The molecule has 3 heterocycles. The minimum Gasteiger partial charge on any atom is -0.464 e. The van der Waals surface area contributed by atoms with E-state index in [9.17, 15) is 76.5 Å². The van der Waals surface area contributed by atoms with Crippen molar-refractivity contribution >= 4 is 86.7 Å². The molecule has 0 bridgehead atoms. The number of carbonyl (C=O) groups excluding carboxylic acids is 12. The Morgan fingerprint density at radius 1 is 0.629 bits per heavy atom. The van der Waals surface area contributed by atoms with Crippen LogP contribution >= 0.6 is 15.6 Å². The first kappa shape index (κ1) is 101. The van der Waals surface area contributed by atoms with E-state index in [2.05, 4.69) is 36.2 Å². The Bertz CT molecular complexity index is 3390. The molecule has 0 aromatic heterocycles. The molecule has 0 aliphatic carbocycles. The maximum Gasteiger partial charge on any atom is 0.481 e. The number of likely N-dealkylation sites (N-methyl/N-ethyl adjacent to an activating group) is 2. The molecule has 0 saturated carbocycles. The van der Waals surface area contributed by atoms with Crippen LogP contribution in [0.25, 0.3) is 0 Å². The van der Waals surface area contributed by atoms with Crippen LogP contribution in [0.15, 0.2) is 42.5 Å². The van der Waals surface area contributed by atoms with Crippen molar-refractivity contribution in [3.8, 4) is 0 Å². The Hall–Kier alpha value is -7.34. The van der Waals surface area contributed by atoms with Crippen molar-refractivity contribution in [2.45, 2.75) is 167 Å². The number of benzene rings is 1. The molecule has 0 spiro atoms. The molecular formula is C74H122N10O30P2. The van der Waals surface area contributed by atoms with Gasteiger partial charge in [0.15, 0.2) is 0 Å². The number of carbonyl (C=O) groups is 12. The van der Waals surface area contributed by atoms with E-state index in [1.807, 2.05) is 60.5 Å². The molecule has 2 saturated heterocycles. The third-order valence-electron chi connectivity index (χ3n) is 18.9. The first-order valence-corrected chi connectivity index (χ1v) is 41.8. The van der Waals surface area contributed by atoms with Gasteiger partial charge in [0.05, 0.1) is 161 Å². The zero-order chi connectivity index (χ0) is 86.1. The Morgan fingerprint density at radius 2 is 1.21 bits per heavy atom. The van der Waals surface area contributed by atoms with Gasteiger partial charge in [0.25, 0.3) is 11.8 Å². The van der Waals surface area contributed by atoms with Crippen molar-refractivity contribution < 1.29 is 142 Å². The largest absolute Gasteiger partial charge is 0.481 e. The van der Waals surface area contributed by atoms with Crippen LogP contribution in [-0.2, 0) is 132 Å². The standard InChI is InChI=1S/C74H122N10O30P2/c1-14-50(6)67(82(11)73(95)65(48(2)3)80-72(94)66(49(4)5)81(9)10)57(101-12)46-63(90)83-29-18-21-56(83)68(102-13)51(7)70(92)77-52(8)69(53-19-16-15-17-20-53)113-116(99,100)114-115(97,98)111-34-28-75-60(87)47-109-44-43-105-33-27-76-71(93)55(45-59(86)78-54-24-32-110-74(54)96)79-58(85)25-30-103-35-37-106-39-41-108-42-40-107-38-36-104-31-26-64(91)112-84-61(88)22-23-62(84)89/h15-17,19-20,22-23,48-52,54-57,65-69H,14,18,21,24-47H2,1-13H3,(H,75,87)(H,76,93)(H,77,92)(H,78,86)(H,79,85)(H,80,94)(H,97,98)(H,99,100)/t50-,51+,52+,54-,55-,56-,57+,65-,66-,67-,68+,69+/m0/s1. The second-order valence-corrected chi connectivity index (χ2v) is 31.6. The Labute approximate surface area is 677 Å². The van der Waals surface area contributed by atoms with Gasteiger partial charge in [-0.1, -0.05) is 90.3 Å². The topological polar surface area (TPSA) is 494 Å². The zero-order valence-corrected chi connectivity index (χ0v) is 70.5. The van der Waals surface area contributed by atoms with Crippen molar-refractivity contribution in [2.75, 3.05) is 161 Å². The van der Waals surface area contributed by atoms with E-state index in [0.717, 1.165) is 12.2 Å². The molecule has 42 heteroatoms. The van der Waals surface area contributed by atoms with Gasteiger partial charge in [-0.05, 0) is 57.2 Å². The number of cyclic esters (lactones) is 1. The van der Waals surface area contributed by atoms with Gasteiger partial charge in [-0.25, -0.2) is 18.7 Å². The predicted octanol–water partition coefficient (Wildman–Crippen LogP) is 0.949. The summed E-state index contributed by atoms with van der Waals surface area (Å²) < 4.78 is 96.5. The van der Waals surface area contributed by atoms with Crippen LogP contribution in [0.4, 0.5) is 0 Å². The summed E-state index contributed by atoms with van der Waals surface area (Å²) in [5, 5.41) is 16.1. The number of imide groups is 1. The van der Waals surface area contributed by atoms with Crippen molar-refractivity contribution in [3.63, 3.8) is 0 Å². The highest BCUT2D eigenvalue weighted by Gasteiger charge is 2.45. The first-order chi connectivity index (χ1) is 55.1. The lowest BCUT2D eigenvalue weighted by molar-refractivity contribution is -0.196. The predicted molar refractivity (Wildman–Crippen MR) is 412 cm³/mol. The van der Waals surface area contributed by atoms with Gasteiger partial charge in [0.1, 0.15) is 30.8 Å². The number of ether oxygens (including phenoxy) is 10. The van der Waals surface area contributed by atoms with Crippen LogP contribution in [0.3, 0.4) is 0 Å². The van der Waals surface area contributed by atoms with E-state index in [1.54, 1.807) is 42.0 Å². The number of rotatable bonds is 60. The average molecular weight is 1690 g/mol. The third-order valence-corrected chi connectivity index (χ3v) is 21.5. The molecule has 2 fully saturated rings. The number of hydrogen-bond acceptors (Lipinski definition) is 29. The van der Waals surface area contributed by atoms with Gasteiger partial charge in [0.2, 0.25) is 47.3 Å². The minimum atomic E-state index is -5.54. The van der Waals surface area contributed by atoms with Crippen molar-refractivity contribution in [1.29, 1.82) is 0 Å². The normalized spacial score (nSPS) is 18.6. The molecule has 0 radical (unpaired) electrons. The number of phosphoric ester groups is 2. The summed E-state index contributed by atoms with van der Waals surface area (Å²) in [6, 6.07) is 1.96. The van der Waals surface area contributed by atoms with E-state index >= 15 is 0 Å². The minimum absolute atomic E-state index is 0.00987. The molecule has 4 rings (SSSR count). The van der Waals surface area contributed by atoms with Crippen LogP contribution in [0.5, 0.6) is 0 Å². The van der Waals surface area contributed by atoms with Gasteiger partial charge >= 0.3 is 27.6 Å². The number of esters is 1. The smallest absolute Gasteiger partial charge is 0.464 e. The Morgan fingerprint density at radius 3 is 1.76 bits per heavy atom. The number of nitrogens with one attached hydrogen (secondary N) is 6. The summed E-state index contributed by atoms with van der Waals surface area (Å²) in [6.45, 7) is 14.7. The number of methoxy groups -OCH3 is 2. The van der Waals surface area contributed by atoms with Crippen LogP contribution in [0.1, 0.15) is 118 Å². The zero-order valence-electron chi connectivity index (χ0n) is 68.7. The molecule has 40 nitrogen and oxygen atoms in total. The lowest BCUT2D eigenvalue weighted by Crippen LogP contribution is -2.59. The molecule has 658 valence electrons. The second-order valence-electron chi connectivity index (χ2n) is 28.6. The van der Waals surface area contributed by atoms with Gasteiger partial charge in [0, 0.05) is 65.9 Å². The molecule has 14 atom stereocenters. The van der Waals surface area contributed by atoms with Crippen molar-refractivity contribution in [3.05, 3.63) is 48.0 Å². The lowest BCUT2D eigenvalue weighted by atomic mass is 9.89. The molecular weight excluding hydrogens is 1570 g/mol. The summed E-state index contributed by atoms with van der Waals surface area (Å²) in [5.41, 5.74) is 0.256. The molecule has 1 aromatic rings. The maximum atomic E-state index is 14.6. The van der Waals surface area contributed by atoms with Crippen LogP contribution in [-0.4, -0.2) is 316 Å². The third kappa shape index (κ3) is 36.1. The monoisotopic (exact) mass is 1690 g/mol. The fraction of sp³-hybridized carbons (Fsp3) is 0.730. The molecule has 116 heavy (non-hydrogen) atoms. The molecule has 8 N–H and O–H groups in total. The Kier molecular flexibility index (Phi) is 46.4. The summed E-state index contributed by atoms with van der Waals surface area (Å²) in [5.74, 6) is -8.60. The number of hydroxylamine groups is 2. The second kappa shape index (κ2) is 53.2. The first-order valence-electron chi connectivity index (χ1n) is 38.8. The molecule has 10 amide bonds. The fourth-order valence-corrected chi connectivity index (χ4v) is 15.2. The van der Waals surface area contributed by atoms with Crippen molar-refractivity contribution in [2.24, 2.45) is 23.7 Å². The molecule has 2 unspecified atom stereocenters. The number of amides is 10. The van der Waals surface area contributed by atoms with E-state index < -0.39 is 162 Å². The number of hydrogen-bond donors (Lipinski definition) is 8. The summed E-state index contributed by atoms with van der Waals surface area (Å²) in [7, 11) is -2.76. The molecule has 3 aliphatic heterocycles. The lowest BCUT2D eigenvalue weighted by Gasteiger charge is -2.41. The molecule has 3 aliphatic rings. The van der Waals surface area contributed by atoms with Crippen molar-refractivity contribution in [1.82, 2.24) is 51.7 Å². The van der Waals surface area contributed by atoms with E-state index in [4.69, 9.17) is 61.3 Å². The summed E-state index contributed by atoms with van der Waals surface area (Å²) in [4.78, 5) is 187. The number of phosphoric acid groups is 2. The van der Waals surface area contributed by atoms with Crippen LogP contribution < -0.4 is 31.9 Å². The highest BCUT2D eigenvalue weighted by atomic mass is 31.3. The maximum absolute atomic E-state index is 14.6. The average Bonchev–Trinajstić information content (AvgIpc) is 1.40. The quantitative estimate of drug-likeness (QED) is 0.0195. The number of nitrogens with zero attached hydrogens (tertiary/aromatic N) is 4. The van der Waals surface area contributed by atoms with E-state index in [-0.39, 0.29) is 166 Å². The highest BCUT2D eigenvalue weighted by molar-refractivity contribution is 7.61. The van der Waals surface area contributed by atoms with Crippen LogP contribution in [0, 0.1) is 23.7 Å². The van der Waals surface area contributed by atoms with Gasteiger partial charge in [-0.2, -0.15) is 4.31 Å². The van der Waals surface area contributed by atoms with E-state index in [1.165, 1.54) is 33.3 Å². The summed E-state index contributed by atoms with van der Waals surface area (Å²) >= 11 is 0. The fourth-order valence-electron chi connectivity index (χ4n) is 12.9. The summed E-state index contributed by atoms with van der Waals surface area (Å²) in [6.07, 6.45) is -0.271.